The van der Waals surface area contributed by atoms with Crippen molar-refractivity contribution >= 4 is 17.4 Å². The zero-order valence-electron chi connectivity index (χ0n) is 6.58. The van der Waals surface area contributed by atoms with E-state index in [1.807, 2.05) is 0 Å². The standard InChI is InChI=1S/C7H5F2NO2S/c1-13-7-5(10(11)12)3-2-4(8)6(7)9/h2-3H,1H3. The van der Waals surface area contributed by atoms with Crippen LogP contribution in [-0.2, 0) is 0 Å². The summed E-state index contributed by atoms with van der Waals surface area (Å²) in [7, 11) is 0. The lowest BCUT2D eigenvalue weighted by molar-refractivity contribution is -0.388. The summed E-state index contributed by atoms with van der Waals surface area (Å²) in [4.78, 5) is 9.33. The van der Waals surface area contributed by atoms with Crippen molar-refractivity contribution in [2.24, 2.45) is 0 Å². The molecule has 13 heavy (non-hydrogen) atoms. The monoisotopic (exact) mass is 205 g/mol. The first-order chi connectivity index (χ1) is 6.07. The van der Waals surface area contributed by atoms with Gasteiger partial charge in [0, 0.05) is 6.07 Å². The molecular formula is C7H5F2NO2S. The zero-order chi connectivity index (χ0) is 10.0. The SMILES string of the molecule is CSc1c([N+](=O)[O-])ccc(F)c1F. The van der Waals surface area contributed by atoms with Crippen LogP contribution in [0.3, 0.4) is 0 Å². The number of benzene rings is 1. The molecule has 0 radical (unpaired) electrons. The third kappa shape index (κ3) is 1.77. The first-order valence-electron chi connectivity index (χ1n) is 3.24. The van der Waals surface area contributed by atoms with Crippen molar-refractivity contribution in [3.63, 3.8) is 0 Å². The van der Waals surface area contributed by atoms with Crippen LogP contribution in [0.1, 0.15) is 0 Å². The number of thioether (sulfide) groups is 1. The Morgan fingerprint density at radius 2 is 2.08 bits per heavy atom. The fourth-order valence-electron chi connectivity index (χ4n) is 0.860. The van der Waals surface area contributed by atoms with Gasteiger partial charge in [0.1, 0.15) is 4.90 Å². The van der Waals surface area contributed by atoms with Gasteiger partial charge >= 0.3 is 0 Å². The Bertz CT molecular complexity index is 357. The van der Waals surface area contributed by atoms with Crippen LogP contribution in [0.5, 0.6) is 0 Å². The lowest BCUT2D eigenvalue weighted by Crippen LogP contribution is -1.95. The number of hydrogen-bond donors (Lipinski definition) is 0. The van der Waals surface area contributed by atoms with Crippen molar-refractivity contribution < 1.29 is 13.7 Å². The Balaban J connectivity index is 3.38. The Hall–Kier alpha value is -1.17. The van der Waals surface area contributed by atoms with E-state index in [0.717, 1.165) is 23.9 Å². The molecule has 0 fully saturated rings. The number of hydrogen-bond acceptors (Lipinski definition) is 3. The largest absolute Gasteiger partial charge is 0.286 e. The molecule has 0 saturated heterocycles. The summed E-state index contributed by atoms with van der Waals surface area (Å²) in [6.45, 7) is 0. The normalized spacial score (nSPS) is 10.1. The van der Waals surface area contributed by atoms with E-state index in [1.54, 1.807) is 0 Å². The first kappa shape index (κ1) is 9.91. The van der Waals surface area contributed by atoms with Gasteiger partial charge in [0.2, 0.25) is 0 Å². The minimum atomic E-state index is -1.17. The molecule has 0 atom stereocenters. The van der Waals surface area contributed by atoms with Crippen molar-refractivity contribution in [3.05, 3.63) is 33.9 Å². The lowest BCUT2D eigenvalue weighted by Gasteiger charge is -2.00. The van der Waals surface area contributed by atoms with Crippen LogP contribution in [0.15, 0.2) is 17.0 Å². The molecule has 6 heteroatoms. The van der Waals surface area contributed by atoms with Crippen LogP contribution >= 0.6 is 11.8 Å². The molecule has 0 aromatic heterocycles. The molecule has 0 aliphatic heterocycles. The number of rotatable bonds is 2. The van der Waals surface area contributed by atoms with Gasteiger partial charge in [-0.25, -0.2) is 8.78 Å². The number of nitrogens with zero attached hydrogens (tertiary/aromatic N) is 1. The summed E-state index contributed by atoms with van der Waals surface area (Å²) in [6.07, 6.45) is 1.45. The van der Waals surface area contributed by atoms with E-state index < -0.39 is 22.2 Å². The first-order valence-corrected chi connectivity index (χ1v) is 4.46. The van der Waals surface area contributed by atoms with Crippen LogP contribution in [-0.4, -0.2) is 11.2 Å². The average Bonchev–Trinajstić information content (AvgIpc) is 2.09. The minimum Gasteiger partial charge on any atom is -0.258 e. The second-order valence-electron chi connectivity index (χ2n) is 2.17. The number of halogens is 2. The Kier molecular flexibility index (Phi) is 2.82. The predicted octanol–water partition coefficient (Wildman–Crippen LogP) is 2.59. The van der Waals surface area contributed by atoms with Gasteiger partial charge in [-0.2, -0.15) is 0 Å². The number of nitro benzene ring substituents is 1. The minimum absolute atomic E-state index is 0.273. The third-order valence-corrected chi connectivity index (χ3v) is 2.23. The fourth-order valence-corrected chi connectivity index (χ4v) is 1.49. The second-order valence-corrected chi connectivity index (χ2v) is 2.99. The molecule has 0 unspecified atom stereocenters. The molecule has 0 aliphatic carbocycles. The maximum absolute atomic E-state index is 12.9. The Labute approximate surface area is 76.9 Å². The molecule has 0 aliphatic rings. The van der Waals surface area contributed by atoms with Crippen LogP contribution in [0.2, 0.25) is 0 Å². The van der Waals surface area contributed by atoms with Crippen molar-refractivity contribution in [2.45, 2.75) is 4.90 Å². The van der Waals surface area contributed by atoms with Gasteiger partial charge in [-0.3, -0.25) is 10.1 Å². The van der Waals surface area contributed by atoms with Gasteiger partial charge in [-0.05, 0) is 12.3 Å². The van der Waals surface area contributed by atoms with Crippen molar-refractivity contribution in [1.82, 2.24) is 0 Å². The smallest absolute Gasteiger partial charge is 0.258 e. The van der Waals surface area contributed by atoms with Crippen LogP contribution < -0.4 is 0 Å². The second kappa shape index (κ2) is 3.69. The summed E-state index contributed by atoms with van der Waals surface area (Å²) < 4.78 is 25.5. The summed E-state index contributed by atoms with van der Waals surface area (Å²) in [6, 6.07) is 1.69. The molecule has 0 N–H and O–H groups in total. The molecule has 0 amide bonds. The average molecular weight is 205 g/mol. The Morgan fingerprint density at radius 1 is 1.46 bits per heavy atom. The van der Waals surface area contributed by atoms with Gasteiger partial charge in [-0.15, -0.1) is 11.8 Å². The zero-order valence-corrected chi connectivity index (χ0v) is 7.40. The van der Waals surface area contributed by atoms with E-state index in [9.17, 15) is 18.9 Å². The van der Waals surface area contributed by atoms with Gasteiger partial charge in [-0.1, -0.05) is 0 Å². The molecule has 0 heterocycles. The van der Waals surface area contributed by atoms with Gasteiger partial charge < -0.3 is 0 Å². The topological polar surface area (TPSA) is 43.1 Å². The van der Waals surface area contributed by atoms with E-state index in [4.69, 9.17) is 0 Å². The van der Waals surface area contributed by atoms with Gasteiger partial charge in [0.05, 0.1) is 4.92 Å². The molecule has 1 aromatic carbocycles. The molecule has 1 rings (SSSR count). The quantitative estimate of drug-likeness (QED) is 0.423. The number of nitro groups is 1. The van der Waals surface area contributed by atoms with E-state index in [0.29, 0.717) is 0 Å². The van der Waals surface area contributed by atoms with Crippen molar-refractivity contribution in [3.8, 4) is 0 Å². The molecule has 0 bridgehead atoms. The van der Waals surface area contributed by atoms with Crippen molar-refractivity contribution in [1.29, 1.82) is 0 Å². The highest BCUT2D eigenvalue weighted by Crippen LogP contribution is 2.31. The molecular weight excluding hydrogens is 200 g/mol. The van der Waals surface area contributed by atoms with E-state index in [1.165, 1.54) is 6.26 Å². The van der Waals surface area contributed by atoms with E-state index >= 15 is 0 Å². The summed E-state index contributed by atoms with van der Waals surface area (Å²) >= 11 is 0.808. The molecule has 3 nitrogen and oxygen atoms in total. The van der Waals surface area contributed by atoms with Crippen LogP contribution in [0.4, 0.5) is 14.5 Å². The van der Waals surface area contributed by atoms with Crippen molar-refractivity contribution in [2.75, 3.05) is 6.26 Å². The third-order valence-electron chi connectivity index (χ3n) is 1.43. The molecule has 0 saturated carbocycles. The fraction of sp³-hybridized carbons (Fsp3) is 0.143. The summed E-state index contributed by atoms with van der Waals surface area (Å²) in [5.74, 6) is -2.24. The molecule has 1 aromatic rings. The van der Waals surface area contributed by atoms with E-state index in [2.05, 4.69) is 0 Å². The van der Waals surface area contributed by atoms with Crippen LogP contribution in [0.25, 0.3) is 0 Å². The Morgan fingerprint density at radius 3 is 2.54 bits per heavy atom. The summed E-state index contributed by atoms with van der Waals surface area (Å²) in [5.41, 5.74) is -0.411. The van der Waals surface area contributed by atoms with Crippen LogP contribution in [0, 0.1) is 21.7 Å². The predicted molar refractivity (Wildman–Crippen MR) is 44.8 cm³/mol. The maximum Gasteiger partial charge on any atom is 0.286 e. The highest BCUT2D eigenvalue weighted by molar-refractivity contribution is 7.98. The lowest BCUT2D eigenvalue weighted by atomic mass is 10.3. The highest BCUT2D eigenvalue weighted by atomic mass is 32.2. The maximum atomic E-state index is 12.9. The van der Waals surface area contributed by atoms with Gasteiger partial charge in [0.15, 0.2) is 11.6 Å². The van der Waals surface area contributed by atoms with Gasteiger partial charge in [0.25, 0.3) is 5.69 Å². The summed E-state index contributed by atoms with van der Waals surface area (Å²) in [5, 5.41) is 10.3. The molecule has 70 valence electrons. The molecule has 0 spiro atoms. The van der Waals surface area contributed by atoms with E-state index in [-0.39, 0.29) is 4.90 Å². The highest BCUT2D eigenvalue weighted by Gasteiger charge is 2.20.